The van der Waals surface area contributed by atoms with E-state index in [0.29, 0.717) is 25.3 Å². The maximum absolute atomic E-state index is 12.5. The van der Waals surface area contributed by atoms with Gasteiger partial charge in [-0.05, 0) is 38.7 Å². The number of carbonyl (C=O) groups excluding carboxylic acids is 1. The van der Waals surface area contributed by atoms with Gasteiger partial charge in [0.25, 0.3) is 0 Å². The third-order valence-electron chi connectivity index (χ3n) is 4.55. The highest BCUT2D eigenvalue weighted by Gasteiger charge is 2.32. The van der Waals surface area contributed by atoms with Crippen molar-refractivity contribution in [3.8, 4) is 0 Å². The van der Waals surface area contributed by atoms with Crippen molar-refractivity contribution >= 4 is 11.9 Å². The Morgan fingerprint density at radius 3 is 2.60 bits per heavy atom. The van der Waals surface area contributed by atoms with Crippen LogP contribution in [0.25, 0.3) is 0 Å². The first-order chi connectivity index (χ1) is 11.7. The molecule has 1 aliphatic heterocycles. The third kappa shape index (κ3) is 4.81. The molecule has 0 aromatic carbocycles. The Bertz CT molecular complexity index is 639. The van der Waals surface area contributed by atoms with Crippen molar-refractivity contribution in [3.63, 3.8) is 0 Å². The fraction of sp³-hybridized carbons (Fsp3) is 0.722. The van der Waals surface area contributed by atoms with E-state index in [1.165, 1.54) is 0 Å². The number of hydrogen-bond donors (Lipinski definition) is 1. The van der Waals surface area contributed by atoms with Crippen molar-refractivity contribution in [3.05, 3.63) is 17.0 Å². The summed E-state index contributed by atoms with van der Waals surface area (Å²) in [6.07, 6.45) is -0.229. The summed E-state index contributed by atoms with van der Waals surface area (Å²) >= 11 is 0. The Labute approximate surface area is 148 Å². The maximum atomic E-state index is 12.5. The Kier molecular flexibility index (Phi) is 6.21. The molecule has 25 heavy (non-hydrogen) atoms. The molecule has 0 spiro atoms. The molecular formula is C18H29N3O4. The molecule has 0 bridgehead atoms. The van der Waals surface area contributed by atoms with Gasteiger partial charge in [-0.25, -0.2) is 4.79 Å². The second kappa shape index (κ2) is 7.99. The summed E-state index contributed by atoms with van der Waals surface area (Å²) in [6, 6.07) is 0. The van der Waals surface area contributed by atoms with Gasteiger partial charge in [-0.2, -0.15) is 5.10 Å². The van der Waals surface area contributed by atoms with Crippen molar-refractivity contribution in [2.24, 2.45) is 5.92 Å². The van der Waals surface area contributed by atoms with E-state index in [1.54, 1.807) is 11.8 Å². The molecule has 2 rings (SSSR count). The van der Waals surface area contributed by atoms with Crippen molar-refractivity contribution < 1.29 is 19.4 Å². The van der Waals surface area contributed by atoms with E-state index in [2.05, 4.69) is 18.9 Å². The predicted molar refractivity (Wildman–Crippen MR) is 93.4 cm³/mol. The highest BCUT2D eigenvalue weighted by molar-refractivity contribution is 5.79. The van der Waals surface area contributed by atoms with Crippen LogP contribution in [0, 0.1) is 19.8 Å². The van der Waals surface area contributed by atoms with Crippen LogP contribution in [0.4, 0.5) is 0 Å². The molecule has 2 atom stereocenters. The minimum atomic E-state index is -1.02. The molecule has 1 amide bonds. The van der Waals surface area contributed by atoms with Gasteiger partial charge in [-0.3, -0.25) is 9.48 Å². The van der Waals surface area contributed by atoms with Crippen LogP contribution >= 0.6 is 0 Å². The largest absolute Gasteiger partial charge is 0.479 e. The summed E-state index contributed by atoms with van der Waals surface area (Å²) < 4.78 is 7.37. The Balaban J connectivity index is 2.00. The summed E-state index contributed by atoms with van der Waals surface area (Å²) in [6.45, 7) is 11.5. The van der Waals surface area contributed by atoms with Crippen molar-refractivity contribution in [2.75, 3.05) is 13.1 Å². The van der Waals surface area contributed by atoms with E-state index < -0.39 is 12.1 Å². The number of morpholine rings is 1. The normalized spacial score (nSPS) is 21.0. The summed E-state index contributed by atoms with van der Waals surface area (Å²) in [5.41, 5.74) is 3.19. The molecule has 1 aliphatic rings. The molecule has 7 nitrogen and oxygen atoms in total. The number of carbonyl (C=O) groups is 2. The summed E-state index contributed by atoms with van der Waals surface area (Å²) in [5, 5.41) is 13.7. The second-order valence-corrected chi connectivity index (χ2v) is 7.30. The predicted octanol–water partition coefficient (Wildman–Crippen LogP) is 1.79. The smallest absolute Gasteiger partial charge is 0.334 e. The zero-order valence-corrected chi connectivity index (χ0v) is 15.8. The molecule has 1 N–H and O–H groups in total. The van der Waals surface area contributed by atoms with Gasteiger partial charge < -0.3 is 14.7 Å². The topological polar surface area (TPSA) is 84.7 Å². The van der Waals surface area contributed by atoms with Gasteiger partial charge in [-0.1, -0.05) is 13.8 Å². The van der Waals surface area contributed by atoms with Crippen LogP contribution in [0.15, 0.2) is 0 Å². The van der Waals surface area contributed by atoms with Gasteiger partial charge in [0.15, 0.2) is 6.10 Å². The number of aryl methyl sites for hydroxylation is 1. The van der Waals surface area contributed by atoms with Gasteiger partial charge in [0.1, 0.15) is 0 Å². The standard InChI is InChI=1S/C18H29N3O4/c1-11(2)8-21-14(5)15(13(4)19-21)6-7-17(22)20-9-12(3)25-16(10-20)18(23)24/h11-12,16H,6-10H2,1-5H3,(H,23,24)/t12-,16?/m1/s1. The summed E-state index contributed by atoms with van der Waals surface area (Å²) in [4.78, 5) is 25.3. The molecule has 140 valence electrons. The molecule has 1 aromatic heterocycles. The van der Waals surface area contributed by atoms with Crippen LogP contribution in [-0.2, 0) is 27.3 Å². The molecule has 0 radical (unpaired) electrons. The molecule has 2 heterocycles. The fourth-order valence-electron chi connectivity index (χ4n) is 3.30. The van der Waals surface area contributed by atoms with Gasteiger partial charge in [-0.15, -0.1) is 0 Å². The zero-order valence-electron chi connectivity index (χ0n) is 15.8. The number of amides is 1. The zero-order chi connectivity index (χ0) is 18.7. The second-order valence-electron chi connectivity index (χ2n) is 7.30. The molecular weight excluding hydrogens is 322 g/mol. The average Bonchev–Trinajstić information content (AvgIpc) is 2.77. The van der Waals surface area contributed by atoms with Gasteiger partial charge in [0.2, 0.25) is 5.91 Å². The fourth-order valence-corrected chi connectivity index (χ4v) is 3.30. The molecule has 1 saturated heterocycles. The molecule has 1 fully saturated rings. The Hall–Kier alpha value is -1.89. The number of aliphatic carboxylic acids is 1. The average molecular weight is 351 g/mol. The first-order valence-electron chi connectivity index (χ1n) is 8.88. The third-order valence-corrected chi connectivity index (χ3v) is 4.55. The number of nitrogens with zero attached hydrogens (tertiary/aromatic N) is 3. The van der Waals surface area contributed by atoms with Crippen LogP contribution in [-0.4, -0.2) is 57.0 Å². The van der Waals surface area contributed by atoms with Crippen molar-refractivity contribution in [1.82, 2.24) is 14.7 Å². The lowest BCUT2D eigenvalue weighted by Gasteiger charge is -2.35. The van der Waals surface area contributed by atoms with Crippen molar-refractivity contribution in [2.45, 2.75) is 66.2 Å². The van der Waals surface area contributed by atoms with E-state index >= 15 is 0 Å². The van der Waals surface area contributed by atoms with Crippen LogP contribution < -0.4 is 0 Å². The lowest BCUT2D eigenvalue weighted by atomic mass is 10.1. The number of carboxylic acids is 1. The lowest BCUT2D eigenvalue weighted by molar-refractivity contribution is -0.166. The molecule has 1 unspecified atom stereocenters. The van der Waals surface area contributed by atoms with Gasteiger partial charge >= 0.3 is 5.97 Å². The molecule has 7 heteroatoms. The maximum Gasteiger partial charge on any atom is 0.334 e. The quantitative estimate of drug-likeness (QED) is 0.845. The van der Waals surface area contributed by atoms with Crippen molar-refractivity contribution in [1.29, 1.82) is 0 Å². The summed E-state index contributed by atoms with van der Waals surface area (Å²) in [5.74, 6) is -0.543. The Morgan fingerprint density at radius 2 is 2.00 bits per heavy atom. The van der Waals surface area contributed by atoms with Crippen LogP contribution in [0.3, 0.4) is 0 Å². The molecule has 0 aliphatic carbocycles. The summed E-state index contributed by atoms with van der Waals surface area (Å²) in [7, 11) is 0. The van der Waals surface area contributed by atoms with Crippen LogP contribution in [0.2, 0.25) is 0 Å². The molecule has 0 saturated carbocycles. The number of aromatic nitrogens is 2. The van der Waals surface area contributed by atoms with Gasteiger partial charge in [0, 0.05) is 25.2 Å². The number of carboxylic acid groups (broad SMARTS) is 1. The van der Waals surface area contributed by atoms with Crippen LogP contribution in [0.1, 0.15) is 44.1 Å². The SMILES string of the molecule is Cc1nn(CC(C)C)c(C)c1CCC(=O)N1CC(C(=O)O)O[C@H](C)C1. The number of hydrogen-bond acceptors (Lipinski definition) is 4. The van der Waals surface area contributed by atoms with E-state index in [0.717, 1.165) is 23.5 Å². The minimum Gasteiger partial charge on any atom is -0.479 e. The highest BCUT2D eigenvalue weighted by Crippen LogP contribution is 2.18. The van der Waals surface area contributed by atoms with E-state index in [4.69, 9.17) is 9.84 Å². The van der Waals surface area contributed by atoms with Gasteiger partial charge in [0.05, 0.1) is 18.3 Å². The lowest BCUT2D eigenvalue weighted by Crippen LogP contribution is -2.51. The highest BCUT2D eigenvalue weighted by atomic mass is 16.5. The molecule has 1 aromatic rings. The van der Waals surface area contributed by atoms with Crippen LogP contribution in [0.5, 0.6) is 0 Å². The van der Waals surface area contributed by atoms with E-state index in [-0.39, 0.29) is 18.6 Å². The van der Waals surface area contributed by atoms with E-state index in [9.17, 15) is 9.59 Å². The minimum absolute atomic E-state index is 0.0307. The number of ether oxygens (including phenoxy) is 1. The monoisotopic (exact) mass is 351 g/mol. The number of rotatable bonds is 6. The first kappa shape index (κ1) is 19.4. The Morgan fingerprint density at radius 1 is 1.32 bits per heavy atom. The van der Waals surface area contributed by atoms with E-state index in [1.807, 2.05) is 18.5 Å². The first-order valence-corrected chi connectivity index (χ1v) is 8.88.